The van der Waals surface area contributed by atoms with E-state index in [9.17, 15) is 4.79 Å². The van der Waals surface area contributed by atoms with Crippen LogP contribution in [0.25, 0.3) is 10.9 Å². The molecule has 6 nitrogen and oxygen atoms in total. The maximum Gasteiger partial charge on any atom is 0.337 e. The lowest BCUT2D eigenvalue weighted by Gasteiger charge is -2.01. The fraction of sp³-hybridized carbons (Fsp3) is 0.214. The number of ether oxygens (including phenoxy) is 1. The predicted octanol–water partition coefficient (Wildman–Crippen LogP) is 1.72. The summed E-state index contributed by atoms with van der Waals surface area (Å²) in [5.74, 6) is -0.349. The van der Waals surface area contributed by atoms with Crippen molar-refractivity contribution in [1.29, 1.82) is 0 Å². The van der Waals surface area contributed by atoms with Crippen LogP contribution in [-0.2, 0) is 17.8 Å². The Labute approximate surface area is 115 Å². The second-order valence-electron chi connectivity index (χ2n) is 4.43. The van der Waals surface area contributed by atoms with E-state index in [0.29, 0.717) is 5.56 Å². The Morgan fingerprint density at radius 1 is 1.30 bits per heavy atom. The minimum Gasteiger partial charge on any atom is -0.465 e. The molecule has 0 radical (unpaired) electrons. The molecule has 0 unspecified atom stereocenters. The number of carbonyl (C=O) groups is 1. The van der Waals surface area contributed by atoms with Gasteiger partial charge in [0.15, 0.2) is 0 Å². The van der Waals surface area contributed by atoms with Crippen LogP contribution in [-0.4, -0.2) is 32.6 Å². The van der Waals surface area contributed by atoms with E-state index in [1.165, 1.54) is 7.11 Å². The normalized spacial score (nSPS) is 10.8. The number of aryl methyl sites for hydroxylation is 2. The van der Waals surface area contributed by atoms with Gasteiger partial charge in [0.05, 0.1) is 31.3 Å². The number of methoxy groups -OCH3 is 1. The van der Waals surface area contributed by atoms with Gasteiger partial charge in [-0.15, -0.1) is 0 Å². The predicted molar refractivity (Wildman–Crippen MR) is 73.3 cm³/mol. The quantitative estimate of drug-likeness (QED) is 0.677. The van der Waals surface area contributed by atoms with E-state index >= 15 is 0 Å². The summed E-state index contributed by atoms with van der Waals surface area (Å²) >= 11 is 0. The highest BCUT2D eigenvalue weighted by Gasteiger charge is 2.08. The van der Waals surface area contributed by atoms with E-state index in [4.69, 9.17) is 4.74 Å². The van der Waals surface area contributed by atoms with Gasteiger partial charge in [-0.2, -0.15) is 10.2 Å². The van der Waals surface area contributed by atoms with Crippen molar-refractivity contribution in [3.8, 4) is 0 Å². The lowest BCUT2D eigenvalue weighted by atomic mass is 10.2. The van der Waals surface area contributed by atoms with Crippen LogP contribution in [0.5, 0.6) is 0 Å². The molecular weight excluding hydrogens is 256 g/mol. The summed E-state index contributed by atoms with van der Waals surface area (Å²) < 4.78 is 8.41. The minimum atomic E-state index is -0.349. The first-order valence-electron chi connectivity index (χ1n) is 6.29. The van der Waals surface area contributed by atoms with Gasteiger partial charge >= 0.3 is 5.97 Å². The van der Waals surface area contributed by atoms with E-state index in [0.717, 1.165) is 24.0 Å². The molecule has 3 rings (SSSR count). The summed E-state index contributed by atoms with van der Waals surface area (Å²) in [6.45, 7) is 1.48. The summed E-state index contributed by atoms with van der Waals surface area (Å²) in [6.07, 6.45) is 5.63. The van der Waals surface area contributed by atoms with Crippen molar-refractivity contribution < 1.29 is 9.53 Å². The number of aromatic nitrogens is 4. The van der Waals surface area contributed by atoms with Crippen LogP contribution in [0, 0.1) is 0 Å². The minimum absolute atomic E-state index is 0.349. The van der Waals surface area contributed by atoms with Crippen LogP contribution in [0.1, 0.15) is 10.4 Å². The average molecular weight is 270 g/mol. The van der Waals surface area contributed by atoms with Gasteiger partial charge in [0.1, 0.15) is 0 Å². The molecule has 1 aromatic carbocycles. The summed E-state index contributed by atoms with van der Waals surface area (Å²) in [5.41, 5.74) is 1.30. The maximum absolute atomic E-state index is 11.5. The summed E-state index contributed by atoms with van der Waals surface area (Å²) in [6, 6.07) is 7.25. The van der Waals surface area contributed by atoms with Gasteiger partial charge < -0.3 is 4.74 Å². The zero-order chi connectivity index (χ0) is 13.9. The number of carbonyl (C=O) groups excluding carboxylic acids is 1. The van der Waals surface area contributed by atoms with Gasteiger partial charge in [-0.05, 0) is 18.2 Å². The Bertz CT molecular complexity index is 731. The van der Waals surface area contributed by atoms with Crippen LogP contribution in [0.2, 0.25) is 0 Å². The highest BCUT2D eigenvalue weighted by molar-refractivity contribution is 5.94. The van der Waals surface area contributed by atoms with Crippen molar-refractivity contribution in [1.82, 2.24) is 19.6 Å². The zero-order valence-corrected chi connectivity index (χ0v) is 11.1. The topological polar surface area (TPSA) is 61.9 Å². The highest BCUT2D eigenvalue weighted by atomic mass is 16.5. The molecule has 0 saturated carbocycles. The van der Waals surface area contributed by atoms with Crippen LogP contribution in [0.4, 0.5) is 0 Å². The smallest absolute Gasteiger partial charge is 0.337 e. The third-order valence-corrected chi connectivity index (χ3v) is 3.09. The fourth-order valence-corrected chi connectivity index (χ4v) is 2.06. The van der Waals surface area contributed by atoms with Gasteiger partial charge in [-0.25, -0.2) is 4.79 Å². The molecule has 0 aliphatic carbocycles. The van der Waals surface area contributed by atoms with Crippen LogP contribution in [0.3, 0.4) is 0 Å². The van der Waals surface area contributed by atoms with Crippen molar-refractivity contribution in [2.45, 2.75) is 13.1 Å². The van der Waals surface area contributed by atoms with Crippen LogP contribution >= 0.6 is 0 Å². The van der Waals surface area contributed by atoms with Gasteiger partial charge in [0.25, 0.3) is 0 Å². The molecule has 0 N–H and O–H groups in total. The molecule has 0 fully saturated rings. The van der Waals surface area contributed by atoms with E-state index in [2.05, 4.69) is 10.2 Å². The number of hydrogen-bond donors (Lipinski definition) is 0. The van der Waals surface area contributed by atoms with Gasteiger partial charge in [-0.3, -0.25) is 9.36 Å². The molecule has 3 aromatic rings. The van der Waals surface area contributed by atoms with Crippen molar-refractivity contribution in [3.05, 3.63) is 48.4 Å². The number of rotatable bonds is 4. The largest absolute Gasteiger partial charge is 0.465 e. The molecule has 0 aliphatic rings. The molecule has 0 spiro atoms. The number of benzene rings is 1. The first-order valence-corrected chi connectivity index (χ1v) is 6.29. The molecule has 0 saturated heterocycles. The lowest BCUT2D eigenvalue weighted by Crippen LogP contribution is -2.07. The Hall–Kier alpha value is -2.63. The van der Waals surface area contributed by atoms with Crippen molar-refractivity contribution in [3.63, 3.8) is 0 Å². The zero-order valence-electron chi connectivity index (χ0n) is 11.1. The Morgan fingerprint density at radius 3 is 2.90 bits per heavy atom. The lowest BCUT2D eigenvalue weighted by molar-refractivity contribution is 0.0601. The van der Waals surface area contributed by atoms with Crippen molar-refractivity contribution >= 4 is 16.9 Å². The average Bonchev–Trinajstić information content (AvgIpc) is 3.12. The molecule has 0 bridgehead atoms. The molecule has 2 heterocycles. The van der Waals surface area contributed by atoms with Gasteiger partial charge in [0.2, 0.25) is 0 Å². The van der Waals surface area contributed by atoms with E-state index in [-0.39, 0.29) is 5.97 Å². The van der Waals surface area contributed by atoms with Gasteiger partial charge in [0, 0.05) is 24.0 Å². The number of esters is 1. The first-order chi connectivity index (χ1) is 9.76. The molecule has 2 aromatic heterocycles. The van der Waals surface area contributed by atoms with Crippen molar-refractivity contribution in [2.24, 2.45) is 0 Å². The Morgan fingerprint density at radius 2 is 2.15 bits per heavy atom. The summed E-state index contributed by atoms with van der Waals surface area (Å²) in [7, 11) is 1.37. The molecule has 102 valence electrons. The molecule has 20 heavy (non-hydrogen) atoms. The van der Waals surface area contributed by atoms with E-state index < -0.39 is 0 Å². The second kappa shape index (κ2) is 5.16. The van der Waals surface area contributed by atoms with Crippen LogP contribution < -0.4 is 0 Å². The number of hydrogen-bond acceptors (Lipinski definition) is 4. The molecular formula is C14H14N4O2. The summed E-state index contributed by atoms with van der Waals surface area (Å²) in [4.78, 5) is 11.5. The standard InChI is InChI=1S/C14H14N4O2/c1-20-14(19)11-3-4-12-10-18(16-13(12)9-11)8-7-17-6-2-5-15-17/h2-6,9-10H,7-8H2,1H3. The third-order valence-electron chi connectivity index (χ3n) is 3.09. The van der Waals surface area contributed by atoms with Crippen molar-refractivity contribution in [2.75, 3.05) is 7.11 Å². The molecule has 0 amide bonds. The SMILES string of the molecule is COC(=O)c1ccc2cn(CCn3cccn3)nc2c1. The second-order valence-corrected chi connectivity index (χ2v) is 4.43. The highest BCUT2D eigenvalue weighted by Crippen LogP contribution is 2.15. The monoisotopic (exact) mass is 270 g/mol. The van der Waals surface area contributed by atoms with Crippen LogP contribution in [0.15, 0.2) is 42.9 Å². The third kappa shape index (κ3) is 2.40. The van der Waals surface area contributed by atoms with E-state index in [1.54, 1.807) is 18.3 Å². The summed E-state index contributed by atoms with van der Waals surface area (Å²) in [5, 5.41) is 9.60. The Kier molecular flexibility index (Phi) is 3.20. The fourth-order valence-electron chi connectivity index (χ4n) is 2.06. The Balaban J connectivity index is 1.81. The van der Waals surface area contributed by atoms with Gasteiger partial charge in [-0.1, -0.05) is 6.07 Å². The first kappa shape index (κ1) is 12.4. The number of nitrogens with zero attached hydrogens (tertiary/aromatic N) is 4. The molecule has 6 heteroatoms. The molecule has 0 aliphatic heterocycles. The number of fused-ring (bicyclic) bond motifs is 1. The van der Waals surface area contributed by atoms with E-state index in [1.807, 2.05) is 33.9 Å². The molecule has 0 atom stereocenters. The maximum atomic E-state index is 11.5.